The Morgan fingerprint density at radius 2 is 2.46 bits per heavy atom. The van der Waals surface area contributed by atoms with Gasteiger partial charge in [0.25, 0.3) is 5.91 Å². The van der Waals surface area contributed by atoms with Gasteiger partial charge < -0.3 is 5.32 Å². The Morgan fingerprint density at radius 1 is 1.69 bits per heavy atom. The molecule has 2 aromatic rings. The maximum Gasteiger partial charge on any atom is 0.271 e. The van der Waals surface area contributed by atoms with Gasteiger partial charge in [0.2, 0.25) is 0 Å². The first kappa shape index (κ1) is 8.25. The normalized spacial score (nSPS) is 10.6. The Bertz CT molecular complexity index is 457. The third-order valence-electron chi connectivity index (χ3n) is 1.85. The number of imidazole rings is 1. The second kappa shape index (κ2) is 2.85. The topological polar surface area (TPSA) is 46.4 Å². The van der Waals surface area contributed by atoms with E-state index in [2.05, 4.69) is 10.3 Å². The number of fused-ring (bicyclic) bond motifs is 1. The molecule has 2 heterocycles. The summed E-state index contributed by atoms with van der Waals surface area (Å²) >= 11 is 1.53. The van der Waals surface area contributed by atoms with Crippen molar-refractivity contribution in [2.45, 2.75) is 6.92 Å². The van der Waals surface area contributed by atoms with Crippen molar-refractivity contribution in [1.82, 2.24) is 14.7 Å². The molecule has 1 amide bonds. The predicted molar refractivity (Wildman–Crippen MR) is 51.2 cm³/mol. The van der Waals surface area contributed by atoms with Crippen molar-refractivity contribution < 1.29 is 4.79 Å². The smallest absolute Gasteiger partial charge is 0.271 e. The molecule has 68 valence electrons. The minimum atomic E-state index is -0.143. The minimum Gasteiger partial charge on any atom is -0.354 e. The summed E-state index contributed by atoms with van der Waals surface area (Å²) in [4.78, 5) is 16.2. The number of rotatable bonds is 1. The fourth-order valence-electron chi connectivity index (χ4n) is 1.13. The zero-order valence-corrected chi connectivity index (χ0v) is 8.18. The molecule has 5 heteroatoms. The summed E-state index contributed by atoms with van der Waals surface area (Å²) in [6.07, 6.45) is 1.75. The van der Waals surface area contributed by atoms with Crippen molar-refractivity contribution in [3.8, 4) is 0 Å². The Labute approximate surface area is 79.2 Å². The van der Waals surface area contributed by atoms with E-state index >= 15 is 0 Å². The molecule has 2 aromatic heterocycles. The van der Waals surface area contributed by atoms with E-state index in [0.717, 1.165) is 10.7 Å². The summed E-state index contributed by atoms with van der Waals surface area (Å²) in [5, 5.41) is 4.55. The van der Waals surface area contributed by atoms with Gasteiger partial charge in [-0.05, 0) is 6.92 Å². The fraction of sp³-hybridized carbons (Fsp3) is 0.250. The summed E-state index contributed by atoms with van der Waals surface area (Å²) in [6.45, 7) is 1.98. The van der Waals surface area contributed by atoms with Crippen LogP contribution in [0.2, 0.25) is 0 Å². The highest BCUT2D eigenvalue weighted by atomic mass is 32.1. The van der Waals surface area contributed by atoms with Crippen LogP contribution < -0.4 is 5.32 Å². The van der Waals surface area contributed by atoms with Gasteiger partial charge in [-0.25, -0.2) is 4.98 Å². The van der Waals surface area contributed by atoms with Crippen LogP contribution in [0.3, 0.4) is 0 Å². The lowest BCUT2D eigenvalue weighted by Crippen LogP contribution is -2.17. The van der Waals surface area contributed by atoms with Crippen LogP contribution in [0.15, 0.2) is 11.6 Å². The van der Waals surface area contributed by atoms with Gasteiger partial charge in [-0.2, -0.15) is 0 Å². The van der Waals surface area contributed by atoms with E-state index in [1.807, 2.05) is 16.7 Å². The van der Waals surface area contributed by atoms with E-state index in [9.17, 15) is 4.79 Å². The SMILES string of the molecule is CNC(=O)c1cn2c(C)csc2n1. The predicted octanol–water partition coefficient (Wildman–Crippen LogP) is 1.06. The second-order valence-electron chi connectivity index (χ2n) is 2.73. The molecular formula is C8H9N3OS. The highest BCUT2D eigenvalue weighted by Gasteiger charge is 2.10. The maximum absolute atomic E-state index is 11.2. The minimum absolute atomic E-state index is 0.143. The van der Waals surface area contributed by atoms with Crippen molar-refractivity contribution in [2.75, 3.05) is 7.05 Å². The number of hydrogen-bond donors (Lipinski definition) is 1. The Hall–Kier alpha value is -1.36. The van der Waals surface area contributed by atoms with E-state index in [4.69, 9.17) is 0 Å². The molecule has 0 unspecified atom stereocenters. The van der Waals surface area contributed by atoms with Gasteiger partial charge in [0.05, 0.1) is 0 Å². The number of hydrogen-bond acceptors (Lipinski definition) is 3. The highest BCUT2D eigenvalue weighted by Crippen LogP contribution is 2.15. The molecule has 0 saturated carbocycles. The molecule has 0 spiro atoms. The van der Waals surface area contributed by atoms with E-state index in [-0.39, 0.29) is 5.91 Å². The van der Waals surface area contributed by atoms with Crippen LogP contribution in [0.25, 0.3) is 4.96 Å². The van der Waals surface area contributed by atoms with Gasteiger partial charge >= 0.3 is 0 Å². The van der Waals surface area contributed by atoms with E-state index in [1.165, 1.54) is 11.3 Å². The summed E-state index contributed by atoms with van der Waals surface area (Å²) < 4.78 is 1.91. The van der Waals surface area contributed by atoms with Crippen LogP contribution in [0, 0.1) is 6.92 Å². The summed E-state index contributed by atoms with van der Waals surface area (Å²) in [7, 11) is 1.60. The molecule has 0 saturated heterocycles. The third kappa shape index (κ3) is 1.21. The first-order chi connectivity index (χ1) is 6.22. The summed E-state index contributed by atoms with van der Waals surface area (Å²) in [5.74, 6) is -0.143. The van der Waals surface area contributed by atoms with Crippen LogP contribution >= 0.6 is 11.3 Å². The first-order valence-electron chi connectivity index (χ1n) is 3.87. The van der Waals surface area contributed by atoms with Gasteiger partial charge in [0.1, 0.15) is 5.69 Å². The lowest BCUT2D eigenvalue weighted by Gasteiger charge is -1.90. The standard InChI is InChI=1S/C8H9N3OS/c1-5-4-13-8-10-6(3-11(5)8)7(12)9-2/h3-4H,1-2H3,(H,9,12). The highest BCUT2D eigenvalue weighted by molar-refractivity contribution is 7.15. The van der Waals surface area contributed by atoms with Crippen LogP contribution in [0.4, 0.5) is 0 Å². The van der Waals surface area contributed by atoms with Crippen molar-refractivity contribution in [3.63, 3.8) is 0 Å². The molecule has 4 nitrogen and oxygen atoms in total. The van der Waals surface area contributed by atoms with Crippen molar-refractivity contribution in [1.29, 1.82) is 0 Å². The number of aromatic nitrogens is 2. The average molecular weight is 195 g/mol. The van der Waals surface area contributed by atoms with Gasteiger partial charge in [0.15, 0.2) is 4.96 Å². The van der Waals surface area contributed by atoms with Crippen LogP contribution in [0.5, 0.6) is 0 Å². The van der Waals surface area contributed by atoms with Crippen LogP contribution in [-0.2, 0) is 0 Å². The maximum atomic E-state index is 11.2. The number of amides is 1. The Morgan fingerprint density at radius 3 is 3.08 bits per heavy atom. The van der Waals surface area contributed by atoms with Gasteiger partial charge in [-0.15, -0.1) is 11.3 Å². The number of carbonyl (C=O) groups excluding carboxylic acids is 1. The molecule has 0 bridgehead atoms. The zero-order chi connectivity index (χ0) is 9.42. The van der Waals surface area contributed by atoms with Crippen molar-refractivity contribution >= 4 is 22.2 Å². The summed E-state index contributed by atoms with van der Waals surface area (Å²) in [5.41, 5.74) is 1.57. The molecular weight excluding hydrogens is 186 g/mol. The molecule has 2 rings (SSSR count). The molecule has 0 aliphatic rings. The molecule has 0 fully saturated rings. The number of aryl methyl sites for hydroxylation is 1. The number of nitrogens with zero attached hydrogens (tertiary/aromatic N) is 2. The van der Waals surface area contributed by atoms with Gasteiger partial charge in [0, 0.05) is 24.3 Å². The Balaban J connectivity index is 2.56. The van der Waals surface area contributed by atoms with Crippen LogP contribution in [0.1, 0.15) is 16.2 Å². The molecule has 0 aromatic carbocycles. The molecule has 1 N–H and O–H groups in total. The van der Waals surface area contributed by atoms with E-state index < -0.39 is 0 Å². The second-order valence-corrected chi connectivity index (χ2v) is 3.57. The Kier molecular flexibility index (Phi) is 1.81. The average Bonchev–Trinajstić information content (AvgIpc) is 2.67. The number of carbonyl (C=O) groups is 1. The zero-order valence-electron chi connectivity index (χ0n) is 7.37. The third-order valence-corrected chi connectivity index (χ3v) is 2.81. The monoisotopic (exact) mass is 195 g/mol. The quantitative estimate of drug-likeness (QED) is 0.739. The molecule has 0 aliphatic heterocycles. The first-order valence-corrected chi connectivity index (χ1v) is 4.75. The van der Waals surface area contributed by atoms with E-state index in [1.54, 1.807) is 13.2 Å². The fourth-order valence-corrected chi connectivity index (χ4v) is 1.98. The molecule has 0 radical (unpaired) electrons. The largest absolute Gasteiger partial charge is 0.354 e. The van der Waals surface area contributed by atoms with Crippen molar-refractivity contribution in [2.24, 2.45) is 0 Å². The lowest BCUT2D eigenvalue weighted by molar-refractivity contribution is 0.0959. The lowest BCUT2D eigenvalue weighted by atomic mass is 10.4. The molecule has 0 aliphatic carbocycles. The van der Waals surface area contributed by atoms with Crippen LogP contribution in [-0.4, -0.2) is 22.3 Å². The number of nitrogens with one attached hydrogen (secondary N) is 1. The molecule has 0 atom stereocenters. The summed E-state index contributed by atoms with van der Waals surface area (Å²) in [6, 6.07) is 0. The van der Waals surface area contributed by atoms with E-state index in [0.29, 0.717) is 5.69 Å². The van der Waals surface area contributed by atoms with Crippen molar-refractivity contribution in [3.05, 3.63) is 23.0 Å². The van der Waals surface area contributed by atoms with Gasteiger partial charge in [-0.3, -0.25) is 9.20 Å². The molecule has 13 heavy (non-hydrogen) atoms. The van der Waals surface area contributed by atoms with Gasteiger partial charge in [-0.1, -0.05) is 0 Å². The number of thiazole rings is 1.